The van der Waals surface area contributed by atoms with Crippen molar-refractivity contribution in [3.63, 3.8) is 0 Å². The van der Waals surface area contributed by atoms with Gasteiger partial charge in [-0.25, -0.2) is 4.79 Å². The zero-order chi connectivity index (χ0) is 16.8. The van der Waals surface area contributed by atoms with Gasteiger partial charge in [-0.15, -0.1) is 0 Å². The van der Waals surface area contributed by atoms with Crippen LogP contribution in [-0.2, 0) is 14.3 Å². The van der Waals surface area contributed by atoms with Crippen LogP contribution in [0.5, 0.6) is 0 Å². The van der Waals surface area contributed by atoms with Crippen LogP contribution in [0, 0.1) is 16.7 Å². The summed E-state index contributed by atoms with van der Waals surface area (Å²) in [6, 6.07) is 0. The van der Waals surface area contributed by atoms with Crippen molar-refractivity contribution in [2.24, 2.45) is 16.7 Å². The second-order valence-corrected chi connectivity index (χ2v) is 8.52. The molecule has 0 aliphatic heterocycles. The average molecular weight is 363 g/mol. The molecule has 0 amide bonds. The van der Waals surface area contributed by atoms with E-state index >= 15 is 0 Å². The van der Waals surface area contributed by atoms with E-state index in [0.29, 0.717) is 30.1 Å². The van der Waals surface area contributed by atoms with E-state index in [1.54, 1.807) is 0 Å². The maximum Gasteiger partial charge on any atom is 0.329 e. The van der Waals surface area contributed by atoms with Crippen molar-refractivity contribution < 1.29 is 19.4 Å². The summed E-state index contributed by atoms with van der Waals surface area (Å²) < 4.78 is 10.8. The third kappa shape index (κ3) is 12.4. The molecule has 0 heterocycles. The Labute approximate surface area is 157 Å². The Morgan fingerprint density at radius 1 is 0.960 bits per heavy atom. The molecule has 1 fully saturated rings. The first kappa shape index (κ1) is 29.2. The zero-order valence-corrected chi connectivity index (χ0v) is 15.0. The fraction of sp³-hybridized carbons (Fsp3) is 0.952. The van der Waals surface area contributed by atoms with Crippen molar-refractivity contribution in [3.05, 3.63) is 0 Å². The number of rotatable bonds is 8. The third-order valence-corrected chi connectivity index (χ3v) is 4.57. The number of carbonyl (C=O) groups is 1. The summed E-state index contributed by atoms with van der Waals surface area (Å²) in [4.78, 5) is 10.3. The van der Waals surface area contributed by atoms with Crippen LogP contribution in [0.25, 0.3) is 0 Å². The van der Waals surface area contributed by atoms with E-state index in [9.17, 15) is 4.79 Å². The molecule has 0 bridgehead atoms. The fourth-order valence-electron chi connectivity index (χ4n) is 3.96. The summed E-state index contributed by atoms with van der Waals surface area (Å²) in [6.07, 6.45) is 6.23. The third-order valence-electron chi connectivity index (χ3n) is 4.57. The van der Waals surface area contributed by atoms with Gasteiger partial charge in [0.2, 0.25) is 0 Å². The van der Waals surface area contributed by atoms with E-state index in [4.69, 9.17) is 14.6 Å². The Morgan fingerprint density at radius 2 is 1.48 bits per heavy atom. The lowest BCUT2D eigenvalue weighted by atomic mass is 9.64. The molecule has 4 heteroatoms. The first-order valence-electron chi connectivity index (χ1n) is 8.51. The minimum absolute atomic E-state index is 0. The Morgan fingerprint density at radius 3 is 1.92 bits per heavy atom. The molecule has 4 nitrogen and oxygen atoms in total. The van der Waals surface area contributed by atoms with Crippen LogP contribution < -0.4 is 0 Å². The van der Waals surface area contributed by atoms with Gasteiger partial charge in [-0.2, -0.15) is 0 Å². The van der Waals surface area contributed by atoms with Crippen molar-refractivity contribution in [2.45, 2.75) is 95.1 Å². The van der Waals surface area contributed by atoms with Crippen molar-refractivity contribution in [1.29, 1.82) is 0 Å². The van der Waals surface area contributed by atoms with Crippen LogP contribution in [-0.4, -0.2) is 37.0 Å². The second kappa shape index (κ2) is 12.7. The monoisotopic (exact) mass is 362 g/mol. The molecule has 1 N–H and O–H groups in total. The highest BCUT2D eigenvalue weighted by Crippen LogP contribution is 2.45. The van der Waals surface area contributed by atoms with Gasteiger partial charge in [0.05, 0.1) is 19.3 Å². The maximum absolute atomic E-state index is 10.3. The fourth-order valence-corrected chi connectivity index (χ4v) is 3.96. The van der Waals surface area contributed by atoms with E-state index in [1.807, 2.05) is 0 Å². The molecule has 25 heavy (non-hydrogen) atoms. The van der Waals surface area contributed by atoms with Crippen LogP contribution >= 0.6 is 0 Å². The highest BCUT2D eigenvalue weighted by molar-refractivity contribution is 5.67. The smallest absolute Gasteiger partial charge is 0.329 e. The van der Waals surface area contributed by atoms with Crippen LogP contribution in [0.2, 0.25) is 0 Å². The number of hydrogen-bond donors (Lipinski definition) is 1. The van der Waals surface area contributed by atoms with Crippen molar-refractivity contribution in [2.75, 3.05) is 19.8 Å². The summed E-state index contributed by atoms with van der Waals surface area (Å²) in [5.41, 5.74) is 0.756. The van der Waals surface area contributed by atoms with E-state index in [0.717, 1.165) is 18.8 Å². The summed E-state index contributed by atoms with van der Waals surface area (Å²) in [6.45, 7) is 12.4. The topological polar surface area (TPSA) is 55.8 Å². The number of hydrogen-bond acceptors (Lipinski definition) is 3. The van der Waals surface area contributed by atoms with Gasteiger partial charge in [0.15, 0.2) is 0 Å². The molecule has 0 radical (unpaired) electrons. The first-order valence-corrected chi connectivity index (χ1v) is 8.51. The maximum atomic E-state index is 10.3. The van der Waals surface area contributed by atoms with Gasteiger partial charge in [0.1, 0.15) is 6.61 Å². The highest BCUT2D eigenvalue weighted by Gasteiger charge is 2.35. The summed E-state index contributed by atoms with van der Waals surface area (Å²) >= 11 is 0. The predicted molar refractivity (Wildman–Crippen MR) is 108 cm³/mol. The van der Waals surface area contributed by atoms with Gasteiger partial charge in [0.25, 0.3) is 0 Å². The zero-order valence-electron chi connectivity index (χ0n) is 15.0. The number of carboxylic acid groups (broad SMARTS) is 1. The van der Waals surface area contributed by atoms with Gasteiger partial charge in [-0.05, 0) is 48.9 Å². The minimum Gasteiger partial charge on any atom is -0.480 e. The molecule has 0 atom stereocenters. The van der Waals surface area contributed by atoms with Gasteiger partial charge in [-0.3, -0.25) is 0 Å². The van der Waals surface area contributed by atoms with Crippen LogP contribution in [0.3, 0.4) is 0 Å². The molecular weight excluding hydrogens is 316 g/mol. The molecule has 0 aromatic carbocycles. The molecule has 0 aromatic heterocycles. The molecule has 0 saturated heterocycles. The Kier molecular flexibility index (Phi) is 14.8. The molecule has 1 aliphatic carbocycles. The standard InChI is InChI=1S/C18H34O4.3CH4/c1-17(2,3)13-18(4,5)14-6-8-15(9-7-14)22-11-10-21-12-16(19)20;;;/h14-15H,6-13H2,1-5H3,(H,19,20);3*1H4. The van der Waals surface area contributed by atoms with Crippen molar-refractivity contribution in [1.82, 2.24) is 0 Å². The minimum atomic E-state index is -0.929. The van der Waals surface area contributed by atoms with Crippen molar-refractivity contribution >= 4 is 5.97 Å². The van der Waals surface area contributed by atoms with Crippen LogP contribution in [0.1, 0.15) is 89.0 Å². The SMILES string of the molecule is C.C.C.CC(C)(C)CC(C)(C)C1CCC(OCCOCC(=O)O)CC1. The van der Waals surface area contributed by atoms with E-state index in [-0.39, 0.29) is 28.9 Å². The van der Waals surface area contributed by atoms with Crippen LogP contribution in [0.4, 0.5) is 0 Å². The predicted octanol–water partition coefficient (Wildman–Crippen LogP) is 6.03. The number of ether oxygens (including phenoxy) is 2. The largest absolute Gasteiger partial charge is 0.480 e. The second-order valence-electron chi connectivity index (χ2n) is 8.52. The highest BCUT2D eigenvalue weighted by atomic mass is 16.5. The normalized spacial score (nSPS) is 20.7. The van der Waals surface area contributed by atoms with Gasteiger partial charge in [0, 0.05) is 0 Å². The first-order chi connectivity index (χ1) is 10.1. The summed E-state index contributed by atoms with van der Waals surface area (Å²) in [5.74, 6) is -0.156. The lowest BCUT2D eigenvalue weighted by Crippen LogP contribution is -2.34. The van der Waals surface area contributed by atoms with E-state index in [1.165, 1.54) is 19.3 Å². The molecule has 1 saturated carbocycles. The Bertz CT molecular complexity index is 336. The van der Waals surface area contributed by atoms with Gasteiger partial charge < -0.3 is 14.6 Å². The molecule has 0 aromatic rings. The summed E-state index contributed by atoms with van der Waals surface area (Å²) in [5, 5.41) is 8.48. The van der Waals surface area contributed by atoms with Gasteiger partial charge >= 0.3 is 5.97 Å². The van der Waals surface area contributed by atoms with Crippen LogP contribution in [0.15, 0.2) is 0 Å². The molecule has 0 unspecified atom stereocenters. The summed E-state index contributed by atoms with van der Waals surface area (Å²) in [7, 11) is 0. The van der Waals surface area contributed by atoms with E-state index < -0.39 is 5.97 Å². The Balaban J connectivity index is -0.00000161. The number of carboxylic acids is 1. The molecule has 1 aliphatic rings. The quantitative estimate of drug-likeness (QED) is 0.535. The molecule has 1 rings (SSSR count). The van der Waals surface area contributed by atoms with E-state index in [2.05, 4.69) is 34.6 Å². The average Bonchev–Trinajstić information content (AvgIpc) is 2.35. The lowest BCUT2D eigenvalue weighted by molar-refractivity contribution is -0.143. The molecule has 154 valence electrons. The lowest BCUT2D eigenvalue weighted by Gasteiger charge is -2.42. The number of aliphatic carboxylic acids is 1. The van der Waals surface area contributed by atoms with Gasteiger partial charge in [-0.1, -0.05) is 56.9 Å². The Hall–Kier alpha value is -0.610. The molecule has 0 spiro atoms. The van der Waals surface area contributed by atoms with Crippen molar-refractivity contribution in [3.8, 4) is 0 Å². The molecular formula is C21H46O4.